The number of hydrogen-bond acceptors (Lipinski definition) is 6. The number of alkyl halides is 3. The van der Waals surface area contributed by atoms with Gasteiger partial charge in [0, 0.05) is 0 Å². The van der Waals surface area contributed by atoms with Crippen molar-refractivity contribution in [3.05, 3.63) is 87.9 Å². The lowest BCUT2D eigenvalue weighted by Crippen LogP contribution is -2.39. The van der Waals surface area contributed by atoms with Crippen molar-refractivity contribution in [1.82, 2.24) is 5.43 Å². The molecule has 3 aromatic rings. The van der Waals surface area contributed by atoms with E-state index in [2.05, 4.69) is 15.8 Å². The molecule has 9 nitrogen and oxygen atoms in total. The Morgan fingerprint density at radius 3 is 2.30 bits per heavy atom. The fourth-order valence-corrected chi connectivity index (χ4v) is 4.47. The molecule has 2 N–H and O–H groups in total. The van der Waals surface area contributed by atoms with Gasteiger partial charge in [0.1, 0.15) is 12.3 Å². The van der Waals surface area contributed by atoms with Gasteiger partial charge in [0.2, 0.25) is 10.0 Å². The quantitative estimate of drug-likeness (QED) is 0.247. The summed E-state index contributed by atoms with van der Waals surface area (Å²) in [5.41, 5.74) is 1.43. The summed E-state index contributed by atoms with van der Waals surface area (Å²) in [4.78, 5) is 24.4. The van der Waals surface area contributed by atoms with Crippen molar-refractivity contribution in [2.75, 3.05) is 29.0 Å². The Morgan fingerprint density at radius 1 is 1.00 bits per heavy atom. The van der Waals surface area contributed by atoms with Gasteiger partial charge in [-0.05, 0) is 60.2 Å². The first-order valence-electron chi connectivity index (χ1n) is 11.2. The van der Waals surface area contributed by atoms with E-state index in [-0.39, 0.29) is 11.6 Å². The second kappa shape index (κ2) is 13.0. The van der Waals surface area contributed by atoms with Crippen LogP contribution in [-0.2, 0) is 25.8 Å². The molecule has 0 heterocycles. The highest BCUT2D eigenvalue weighted by Crippen LogP contribution is 2.36. The number of nitrogens with zero attached hydrogens (tertiary/aromatic N) is 2. The van der Waals surface area contributed by atoms with E-state index in [9.17, 15) is 31.2 Å². The summed E-state index contributed by atoms with van der Waals surface area (Å²) in [5.74, 6) is -0.979. The standard InChI is InChI=1S/C25H21Cl2F3N4O5S/c1-40(37,38)34(22-12-17(25(28,29)30)8-11-20(22)27)14-23(35)33-31-13-16-6-9-18(10-7-16)39-15-24(36)32-21-5-3-2-4-19(21)26/h2-13H,14-15H2,1H3,(H,32,36)(H,33,35)/b31-13+. The summed E-state index contributed by atoms with van der Waals surface area (Å²) in [6, 6.07) is 15.1. The molecule has 0 aliphatic heterocycles. The van der Waals surface area contributed by atoms with Crippen LogP contribution in [0.2, 0.25) is 10.0 Å². The highest BCUT2D eigenvalue weighted by Gasteiger charge is 2.33. The number of hydrogen-bond donors (Lipinski definition) is 2. The smallest absolute Gasteiger partial charge is 0.416 e. The molecule has 0 saturated heterocycles. The molecule has 0 atom stereocenters. The average Bonchev–Trinajstić information content (AvgIpc) is 2.87. The Labute approximate surface area is 237 Å². The summed E-state index contributed by atoms with van der Waals surface area (Å²) in [6.07, 6.45) is -2.78. The number of para-hydroxylation sites is 1. The van der Waals surface area contributed by atoms with Gasteiger partial charge in [0.05, 0.1) is 39.5 Å². The van der Waals surface area contributed by atoms with Gasteiger partial charge >= 0.3 is 6.18 Å². The molecule has 3 rings (SSSR count). The number of amides is 2. The average molecular weight is 617 g/mol. The molecule has 0 spiro atoms. The van der Waals surface area contributed by atoms with Crippen LogP contribution in [0.1, 0.15) is 11.1 Å². The molecule has 0 fully saturated rings. The Bertz CT molecular complexity index is 1520. The van der Waals surface area contributed by atoms with Gasteiger partial charge in [-0.3, -0.25) is 13.9 Å². The minimum absolute atomic E-state index is 0.276. The van der Waals surface area contributed by atoms with E-state index in [0.29, 0.717) is 38.5 Å². The molecule has 40 heavy (non-hydrogen) atoms. The monoisotopic (exact) mass is 616 g/mol. The zero-order chi connectivity index (χ0) is 29.5. The predicted molar refractivity (Wildman–Crippen MR) is 146 cm³/mol. The third-order valence-corrected chi connectivity index (χ3v) is 6.81. The van der Waals surface area contributed by atoms with Crippen LogP contribution in [0.25, 0.3) is 0 Å². The first-order valence-corrected chi connectivity index (χ1v) is 13.8. The molecule has 3 aromatic carbocycles. The number of halogens is 5. The zero-order valence-electron chi connectivity index (χ0n) is 20.6. The fraction of sp³-hybridized carbons (Fsp3) is 0.160. The molecule has 0 aliphatic carbocycles. The van der Waals surface area contributed by atoms with E-state index in [1.54, 1.807) is 48.5 Å². The Kier molecular flexibility index (Phi) is 10.0. The Hall–Kier alpha value is -3.81. The topological polar surface area (TPSA) is 117 Å². The van der Waals surface area contributed by atoms with Gasteiger partial charge in [-0.2, -0.15) is 18.3 Å². The highest BCUT2D eigenvalue weighted by atomic mass is 35.5. The van der Waals surface area contributed by atoms with Crippen molar-refractivity contribution in [3.63, 3.8) is 0 Å². The highest BCUT2D eigenvalue weighted by molar-refractivity contribution is 7.92. The van der Waals surface area contributed by atoms with Gasteiger partial charge in [-0.1, -0.05) is 35.3 Å². The van der Waals surface area contributed by atoms with Gasteiger partial charge in [0.15, 0.2) is 6.61 Å². The molecule has 0 saturated carbocycles. The van der Waals surface area contributed by atoms with Crippen LogP contribution < -0.4 is 19.8 Å². The van der Waals surface area contributed by atoms with Crippen LogP contribution in [0.15, 0.2) is 71.8 Å². The van der Waals surface area contributed by atoms with Crippen molar-refractivity contribution >= 4 is 62.6 Å². The van der Waals surface area contributed by atoms with Crippen LogP contribution in [0.4, 0.5) is 24.5 Å². The largest absolute Gasteiger partial charge is 0.484 e. The Morgan fingerprint density at radius 2 is 1.68 bits per heavy atom. The molecule has 0 bridgehead atoms. The summed E-state index contributed by atoms with van der Waals surface area (Å²) in [6.45, 7) is -1.15. The summed E-state index contributed by atoms with van der Waals surface area (Å²) in [5, 5.41) is 6.44. The lowest BCUT2D eigenvalue weighted by atomic mass is 10.2. The second-order valence-corrected chi connectivity index (χ2v) is 10.8. The number of benzene rings is 3. The van der Waals surface area contributed by atoms with Crippen LogP contribution in [0.5, 0.6) is 5.75 Å². The molecule has 0 unspecified atom stereocenters. The molecule has 2 amide bonds. The van der Waals surface area contributed by atoms with Gasteiger partial charge < -0.3 is 10.1 Å². The van der Waals surface area contributed by atoms with Crippen molar-refractivity contribution < 1.29 is 35.9 Å². The number of ether oxygens (including phenoxy) is 1. The summed E-state index contributed by atoms with van der Waals surface area (Å²) in [7, 11) is -4.19. The molecule has 15 heteroatoms. The van der Waals surface area contributed by atoms with E-state index >= 15 is 0 Å². The van der Waals surface area contributed by atoms with E-state index in [1.165, 1.54) is 6.21 Å². The fourth-order valence-electron chi connectivity index (χ4n) is 3.15. The van der Waals surface area contributed by atoms with Crippen LogP contribution in [-0.4, -0.2) is 45.9 Å². The number of anilines is 2. The predicted octanol–water partition coefficient (Wildman–Crippen LogP) is 4.95. The number of sulfonamides is 1. The Balaban J connectivity index is 1.57. The van der Waals surface area contributed by atoms with Gasteiger partial charge in [-0.15, -0.1) is 0 Å². The molecule has 0 radical (unpaired) electrons. The number of rotatable bonds is 10. The number of hydrazone groups is 1. The molecular weight excluding hydrogens is 596 g/mol. The summed E-state index contributed by atoms with van der Waals surface area (Å²) < 4.78 is 69.7. The van der Waals surface area contributed by atoms with E-state index in [4.69, 9.17) is 27.9 Å². The minimum atomic E-state index is -4.75. The molecule has 0 aromatic heterocycles. The lowest BCUT2D eigenvalue weighted by Gasteiger charge is -2.23. The second-order valence-electron chi connectivity index (χ2n) is 8.11. The van der Waals surface area contributed by atoms with Crippen LogP contribution in [0, 0.1) is 0 Å². The van der Waals surface area contributed by atoms with Crippen molar-refractivity contribution in [1.29, 1.82) is 0 Å². The lowest BCUT2D eigenvalue weighted by molar-refractivity contribution is -0.137. The van der Waals surface area contributed by atoms with E-state index in [1.807, 2.05) is 0 Å². The summed E-state index contributed by atoms with van der Waals surface area (Å²) >= 11 is 11.9. The third-order valence-electron chi connectivity index (χ3n) is 5.03. The van der Waals surface area contributed by atoms with Crippen molar-refractivity contribution in [2.45, 2.75) is 6.18 Å². The molecule has 212 valence electrons. The van der Waals surface area contributed by atoms with Crippen molar-refractivity contribution in [3.8, 4) is 5.75 Å². The molecule has 0 aliphatic rings. The maximum absolute atomic E-state index is 13.1. The maximum Gasteiger partial charge on any atom is 0.416 e. The van der Waals surface area contributed by atoms with Crippen LogP contribution >= 0.6 is 23.2 Å². The number of carbonyl (C=O) groups is 2. The van der Waals surface area contributed by atoms with E-state index < -0.39 is 45.8 Å². The maximum atomic E-state index is 13.1. The first-order chi connectivity index (χ1) is 18.7. The van der Waals surface area contributed by atoms with Gasteiger partial charge in [-0.25, -0.2) is 13.8 Å². The zero-order valence-corrected chi connectivity index (χ0v) is 22.9. The SMILES string of the molecule is CS(=O)(=O)N(CC(=O)N/N=C/c1ccc(OCC(=O)Nc2ccccc2Cl)cc1)c1cc(C(F)(F)F)ccc1Cl. The number of nitrogens with one attached hydrogen (secondary N) is 2. The molecular formula is C25H21Cl2F3N4O5S. The van der Waals surface area contributed by atoms with Crippen molar-refractivity contribution in [2.24, 2.45) is 5.10 Å². The third kappa shape index (κ3) is 8.86. The van der Waals surface area contributed by atoms with Crippen LogP contribution in [0.3, 0.4) is 0 Å². The van der Waals surface area contributed by atoms with E-state index in [0.717, 1.165) is 12.3 Å². The normalized spacial score (nSPS) is 11.8. The first kappa shape index (κ1) is 30.7. The van der Waals surface area contributed by atoms with Gasteiger partial charge in [0.25, 0.3) is 11.8 Å². The minimum Gasteiger partial charge on any atom is -0.484 e. The number of carbonyl (C=O) groups excluding carboxylic acids is 2.